The molecule has 0 atom stereocenters. The van der Waals surface area contributed by atoms with Crippen molar-refractivity contribution < 1.29 is 9.53 Å². The van der Waals surface area contributed by atoms with E-state index in [2.05, 4.69) is 20.3 Å². The summed E-state index contributed by atoms with van der Waals surface area (Å²) in [5.74, 6) is 2.18. The van der Waals surface area contributed by atoms with Gasteiger partial charge in [0, 0.05) is 50.0 Å². The van der Waals surface area contributed by atoms with Gasteiger partial charge in [-0.05, 0) is 61.0 Å². The molecule has 1 aliphatic rings. The number of carbonyl (C=O) groups is 1. The van der Waals surface area contributed by atoms with E-state index < -0.39 is 0 Å². The monoisotopic (exact) mass is 479 g/mol. The van der Waals surface area contributed by atoms with Gasteiger partial charge in [-0.15, -0.1) is 0 Å². The zero-order valence-corrected chi connectivity index (χ0v) is 20.3. The third-order valence-electron chi connectivity index (χ3n) is 6.51. The molecule has 1 aliphatic heterocycles. The normalized spacial score (nSPS) is 13.7. The maximum atomic E-state index is 12.5. The minimum Gasteiger partial charge on any atom is -0.457 e. The van der Waals surface area contributed by atoms with Gasteiger partial charge in [0.05, 0.1) is 22.9 Å². The van der Waals surface area contributed by atoms with Crippen LogP contribution in [0.4, 0.5) is 22.0 Å². The van der Waals surface area contributed by atoms with E-state index in [-0.39, 0.29) is 6.03 Å². The zero-order chi connectivity index (χ0) is 24.8. The van der Waals surface area contributed by atoms with E-state index in [0.29, 0.717) is 18.9 Å². The minimum atomic E-state index is -0.00545. The van der Waals surface area contributed by atoms with Gasteiger partial charge in [0.15, 0.2) is 0 Å². The number of hydrogen-bond acceptors (Lipinski definition) is 6. The zero-order valence-electron chi connectivity index (χ0n) is 20.3. The van der Waals surface area contributed by atoms with E-state index in [1.54, 1.807) is 16.1 Å². The molecule has 1 saturated heterocycles. The molecule has 1 fully saturated rings. The number of rotatable bonds is 5. The van der Waals surface area contributed by atoms with Crippen molar-refractivity contribution >= 4 is 45.2 Å². The lowest BCUT2D eigenvalue weighted by atomic mass is 10.1. The number of likely N-dealkylation sites (N-methyl/N-ethyl adjacent to an activating group) is 1. The molecule has 5 aromatic rings. The Hall–Kier alpha value is -4.66. The maximum Gasteiger partial charge on any atom is 0.324 e. The number of urea groups is 1. The average Bonchev–Trinajstić information content (AvgIpc) is 3.42. The highest BCUT2D eigenvalue weighted by atomic mass is 16.5. The third-order valence-corrected chi connectivity index (χ3v) is 6.51. The molecular weight excluding hydrogens is 454 g/mol. The van der Waals surface area contributed by atoms with Crippen LogP contribution in [0.1, 0.15) is 5.56 Å². The quantitative estimate of drug-likeness (QED) is 0.371. The summed E-state index contributed by atoms with van der Waals surface area (Å²) in [6.07, 6.45) is 3.33. The topological polar surface area (TPSA) is 88.4 Å². The van der Waals surface area contributed by atoms with E-state index in [1.807, 2.05) is 80.2 Å². The van der Waals surface area contributed by atoms with E-state index in [1.165, 1.54) is 6.33 Å². The lowest BCUT2D eigenvalue weighted by molar-refractivity contribution is 0.229. The van der Waals surface area contributed by atoms with E-state index in [9.17, 15) is 4.79 Å². The number of aryl methyl sites for hydroxylation is 2. The number of benzene rings is 3. The molecule has 0 aliphatic carbocycles. The molecule has 3 heterocycles. The Balaban J connectivity index is 1.26. The first-order chi connectivity index (χ1) is 17.5. The van der Waals surface area contributed by atoms with Crippen LogP contribution in [0.2, 0.25) is 0 Å². The number of hydrogen-bond donors (Lipinski definition) is 1. The van der Waals surface area contributed by atoms with Gasteiger partial charge in [-0.1, -0.05) is 0 Å². The first-order valence-electron chi connectivity index (χ1n) is 11.7. The van der Waals surface area contributed by atoms with Crippen LogP contribution in [-0.2, 0) is 7.05 Å². The SMILES string of the molecule is Cc1cc(Nc2ncnc3ccc(N4CCN(C)C4=O)cc23)ccc1Oc1ccc2c(c1)ncn2C. The largest absolute Gasteiger partial charge is 0.457 e. The second kappa shape index (κ2) is 8.53. The van der Waals surface area contributed by atoms with Crippen molar-refractivity contribution in [2.45, 2.75) is 6.92 Å². The number of nitrogens with one attached hydrogen (secondary N) is 1. The van der Waals surface area contributed by atoms with Crippen LogP contribution in [0.3, 0.4) is 0 Å². The molecule has 3 aromatic carbocycles. The Morgan fingerprint density at radius 1 is 0.917 bits per heavy atom. The molecule has 36 heavy (non-hydrogen) atoms. The van der Waals surface area contributed by atoms with Crippen molar-refractivity contribution in [2.24, 2.45) is 7.05 Å². The highest BCUT2D eigenvalue weighted by Gasteiger charge is 2.26. The summed E-state index contributed by atoms with van der Waals surface area (Å²) in [6.45, 7) is 3.37. The fourth-order valence-corrected chi connectivity index (χ4v) is 4.48. The molecular formula is C27H25N7O2. The van der Waals surface area contributed by atoms with Crippen LogP contribution in [-0.4, -0.2) is 50.6 Å². The first-order valence-corrected chi connectivity index (χ1v) is 11.7. The lowest BCUT2D eigenvalue weighted by Gasteiger charge is -2.17. The van der Waals surface area contributed by atoms with Crippen molar-refractivity contribution in [2.75, 3.05) is 30.4 Å². The average molecular weight is 480 g/mol. The van der Waals surface area contributed by atoms with Crippen LogP contribution >= 0.6 is 0 Å². The van der Waals surface area contributed by atoms with Gasteiger partial charge in [-0.2, -0.15) is 0 Å². The number of imidazole rings is 1. The van der Waals surface area contributed by atoms with Gasteiger partial charge < -0.3 is 19.5 Å². The number of ether oxygens (including phenoxy) is 1. The van der Waals surface area contributed by atoms with Gasteiger partial charge in [0.25, 0.3) is 0 Å². The molecule has 0 radical (unpaired) electrons. The van der Waals surface area contributed by atoms with E-state index in [0.717, 1.165) is 50.4 Å². The molecule has 9 heteroatoms. The number of carbonyl (C=O) groups excluding carboxylic acids is 1. The Labute approximate surface area is 208 Å². The molecule has 0 saturated carbocycles. The maximum absolute atomic E-state index is 12.5. The lowest BCUT2D eigenvalue weighted by Crippen LogP contribution is -2.29. The summed E-state index contributed by atoms with van der Waals surface area (Å²) in [5.41, 5.74) is 5.44. The molecule has 2 amide bonds. The van der Waals surface area contributed by atoms with E-state index >= 15 is 0 Å². The molecule has 6 rings (SSSR count). The van der Waals surface area contributed by atoms with Gasteiger partial charge in [-0.3, -0.25) is 4.90 Å². The highest BCUT2D eigenvalue weighted by Crippen LogP contribution is 2.32. The number of nitrogens with zero attached hydrogens (tertiary/aromatic N) is 6. The molecule has 0 unspecified atom stereocenters. The van der Waals surface area contributed by atoms with Crippen LogP contribution in [0, 0.1) is 6.92 Å². The second-order valence-corrected chi connectivity index (χ2v) is 8.99. The van der Waals surface area contributed by atoms with Crippen molar-refractivity contribution in [3.05, 3.63) is 72.8 Å². The van der Waals surface area contributed by atoms with Crippen LogP contribution in [0.25, 0.3) is 21.9 Å². The van der Waals surface area contributed by atoms with Crippen LogP contribution < -0.4 is 15.0 Å². The Kier molecular flexibility index (Phi) is 5.18. The predicted octanol–water partition coefficient (Wildman–Crippen LogP) is 5.23. The second-order valence-electron chi connectivity index (χ2n) is 8.99. The Morgan fingerprint density at radius 2 is 1.81 bits per heavy atom. The molecule has 1 N–H and O–H groups in total. The van der Waals surface area contributed by atoms with Crippen molar-refractivity contribution in [3.8, 4) is 11.5 Å². The smallest absolute Gasteiger partial charge is 0.324 e. The van der Waals surface area contributed by atoms with Gasteiger partial charge in [0.1, 0.15) is 23.6 Å². The fraction of sp³-hybridized carbons (Fsp3) is 0.185. The summed E-state index contributed by atoms with van der Waals surface area (Å²) in [5, 5.41) is 4.26. The first kappa shape index (κ1) is 21.8. The predicted molar refractivity (Wildman–Crippen MR) is 140 cm³/mol. The summed E-state index contributed by atoms with van der Waals surface area (Å²) in [7, 11) is 3.78. The standard InChI is InChI=1S/C27H25N7O2/c1-17-12-18(4-9-25(17)36-20-6-8-24-23(14-20)30-16-33(24)3)31-26-21-13-19(5-7-22(21)28-15-29-26)34-11-10-32(2)27(34)35/h4-9,12-16H,10-11H2,1-3H3,(H,28,29,31). The molecule has 180 valence electrons. The molecule has 0 spiro atoms. The molecule has 2 aromatic heterocycles. The molecule has 9 nitrogen and oxygen atoms in total. The van der Waals surface area contributed by atoms with Crippen molar-refractivity contribution in [1.29, 1.82) is 0 Å². The van der Waals surface area contributed by atoms with Crippen molar-refractivity contribution in [1.82, 2.24) is 24.4 Å². The van der Waals surface area contributed by atoms with Crippen LogP contribution in [0.5, 0.6) is 11.5 Å². The Morgan fingerprint density at radius 3 is 2.61 bits per heavy atom. The van der Waals surface area contributed by atoms with Gasteiger partial charge in [0.2, 0.25) is 0 Å². The highest BCUT2D eigenvalue weighted by molar-refractivity contribution is 5.99. The number of amides is 2. The summed E-state index contributed by atoms with van der Waals surface area (Å²) < 4.78 is 8.13. The Bertz CT molecular complexity index is 1630. The summed E-state index contributed by atoms with van der Waals surface area (Å²) in [4.78, 5) is 29.2. The minimum absolute atomic E-state index is 0.00545. The van der Waals surface area contributed by atoms with Crippen molar-refractivity contribution in [3.63, 3.8) is 0 Å². The van der Waals surface area contributed by atoms with Crippen LogP contribution in [0.15, 0.2) is 67.3 Å². The fourth-order valence-electron chi connectivity index (χ4n) is 4.48. The number of aromatic nitrogens is 4. The van der Waals surface area contributed by atoms with E-state index in [4.69, 9.17) is 4.74 Å². The summed E-state index contributed by atoms with van der Waals surface area (Å²) in [6, 6.07) is 17.6. The number of anilines is 3. The third kappa shape index (κ3) is 3.84. The van der Waals surface area contributed by atoms with Gasteiger partial charge >= 0.3 is 6.03 Å². The van der Waals surface area contributed by atoms with Gasteiger partial charge in [-0.25, -0.2) is 19.7 Å². The molecule has 0 bridgehead atoms. The number of fused-ring (bicyclic) bond motifs is 2. The summed E-state index contributed by atoms with van der Waals surface area (Å²) >= 11 is 0.